The minimum Gasteiger partial charge on any atom is -0.476 e. The summed E-state index contributed by atoms with van der Waals surface area (Å²) in [4.78, 5) is 26.6. The quantitative estimate of drug-likeness (QED) is 0.729. The van der Waals surface area contributed by atoms with Gasteiger partial charge < -0.3 is 16.2 Å². The number of amides is 1. The molecule has 0 aliphatic heterocycles. The number of anilines is 1. The Balaban J connectivity index is 1.88. The fourth-order valence-corrected chi connectivity index (χ4v) is 2.50. The molecule has 1 heterocycles. The Bertz CT molecular complexity index is 682. The number of carbonyl (C=O) groups is 2. The summed E-state index contributed by atoms with van der Waals surface area (Å²) in [7, 11) is 0. The van der Waals surface area contributed by atoms with Crippen molar-refractivity contribution in [2.75, 3.05) is 12.3 Å². The first-order valence-electron chi connectivity index (χ1n) is 6.29. The van der Waals surface area contributed by atoms with Crippen LogP contribution in [0, 0.1) is 6.92 Å². The van der Waals surface area contributed by atoms with Crippen molar-refractivity contribution in [3.8, 4) is 0 Å². The second kappa shape index (κ2) is 6.36. The number of nitrogens with one attached hydrogen (secondary N) is 1. The van der Waals surface area contributed by atoms with Crippen molar-refractivity contribution in [2.45, 2.75) is 13.3 Å². The second-order valence-electron chi connectivity index (χ2n) is 4.51. The summed E-state index contributed by atoms with van der Waals surface area (Å²) in [6.07, 6.45) is 0.498. The van der Waals surface area contributed by atoms with Crippen LogP contribution in [0.5, 0.6) is 0 Å². The number of hydrogen-bond donors (Lipinski definition) is 3. The van der Waals surface area contributed by atoms with Crippen LogP contribution in [0.15, 0.2) is 23.6 Å². The molecule has 0 spiro atoms. The number of thiazole rings is 1. The molecule has 0 radical (unpaired) electrons. The van der Waals surface area contributed by atoms with Crippen LogP contribution in [0.1, 0.15) is 31.4 Å². The molecule has 6 nitrogen and oxygen atoms in total. The van der Waals surface area contributed by atoms with Gasteiger partial charge in [-0.2, -0.15) is 0 Å². The van der Waals surface area contributed by atoms with Crippen LogP contribution in [-0.2, 0) is 6.42 Å². The number of carboxylic acid groups (broad SMARTS) is 1. The van der Waals surface area contributed by atoms with E-state index in [-0.39, 0.29) is 11.6 Å². The lowest BCUT2D eigenvalue weighted by molar-refractivity contribution is 0.0690. The van der Waals surface area contributed by atoms with E-state index in [4.69, 9.17) is 10.8 Å². The lowest BCUT2D eigenvalue weighted by atomic mass is 10.1. The van der Waals surface area contributed by atoms with Crippen molar-refractivity contribution >= 4 is 28.9 Å². The Labute approximate surface area is 125 Å². The first-order valence-corrected chi connectivity index (χ1v) is 7.17. The van der Waals surface area contributed by atoms with Gasteiger partial charge in [-0.05, 0) is 30.7 Å². The zero-order valence-corrected chi connectivity index (χ0v) is 12.2. The number of nitrogens with two attached hydrogens (primary N) is 1. The molecule has 0 saturated heterocycles. The standard InChI is InChI=1S/C14H15N3O3S/c1-8-6-9(2-3-10(8)15)13(18)16-5-4-12-17-11(7-21-12)14(19)20/h2-3,6-7H,4-5,15H2,1H3,(H,16,18)(H,19,20). The minimum absolute atomic E-state index is 0.0375. The molecule has 0 saturated carbocycles. The van der Waals surface area contributed by atoms with E-state index in [9.17, 15) is 9.59 Å². The predicted octanol–water partition coefficient (Wildman–Crippen LogP) is 1.70. The van der Waals surface area contributed by atoms with Gasteiger partial charge in [-0.25, -0.2) is 9.78 Å². The highest BCUT2D eigenvalue weighted by Crippen LogP contribution is 2.13. The SMILES string of the molecule is Cc1cc(C(=O)NCCc2nc(C(=O)O)cs2)ccc1N. The number of benzene rings is 1. The number of carboxylic acids is 1. The molecule has 0 unspecified atom stereocenters. The Morgan fingerprint density at radius 3 is 2.81 bits per heavy atom. The van der Waals surface area contributed by atoms with Crippen molar-refractivity contribution < 1.29 is 14.7 Å². The van der Waals surface area contributed by atoms with Gasteiger partial charge in [0.05, 0.1) is 5.01 Å². The molecular weight excluding hydrogens is 290 g/mol. The Morgan fingerprint density at radius 2 is 2.19 bits per heavy atom. The van der Waals surface area contributed by atoms with Gasteiger partial charge in [0.2, 0.25) is 0 Å². The maximum absolute atomic E-state index is 11.9. The van der Waals surface area contributed by atoms with E-state index in [1.165, 1.54) is 16.7 Å². The number of aryl methyl sites for hydroxylation is 1. The van der Waals surface area contributed by atoms with Gasteiger partial charge in [-0.15, -0.1) is 11.3 Å². The summed E-state index contributed by atoms with van der Waals surface area (Å²) in [6.45, 7) is 2.24. The van der Waals surface area contributed by atoms with Gasteiger partial charge in [-0.3, -0.25) is 4.79 Å². The monoisotopic (exact) mass is 305 g/mol. The smallest absolute Gasteiger partial charge is 0.355 e. The van der Waals surface area contributed by atoms with Gasteiger partial charge in [0, 0.05) is 29.6 Å². The zero-order valence-electron chi connectivity index (χ0n) is 11.4. The van der Waals surface area contributed by atoms with E-state index in [0.29, 0.717) is 29.2 Å². The average molecular weight is 305 g/mol. The molecule has 21 heavy (non-hydrogen) atoms. The van der Waals surface area contributed by atoms with Crippen LogP contribution in [0.3, 0.4) is 0 Å². The van der Waals surface area contributed by atoms with Gasteiger partial charge in [0.1, 0.15) is 0 Å². The normalized spacial score (nSPS) is 10.3. The first-order chi connectivity index (χ1) is 9.97. The molecule has 1 amide bonds. The number of carbonyl (C=O) groups excluding carboxylic acids is 1. The minimum atomic E-state index is -1.04. The molecule has 2 aromatic rings. The van der Waals surface area contributed by atoms with Crippen LogP contribution in [0.2, 0.25) is 0 Å². The maximum Gasteiger partial charge on any atom is 0.355 e. The highest BCUT2D eigenvalue weighted by molar-refractivity contribution is 7.09. The lowest BCUT2D eigenvalue weighted by Gasteiger charge is -2.06. The number of rotatable bonds is 5. The molecule has 0 fully saturated rings. The summed E-state index contributed by atoms with van der Waals surface area (Å²) >= 11 is 1.27. The van der Waals surface area contributed by atoms with Crippen LogP contribution in [-0.4, -0.2) is 28.5 Å². The number of hydrogen-bond acceptors (Lipinski definition) is 5. The van der Waals surface area contributed by atoms with Crippen molar-refractivity contribution in [3.05, 3.63) is 45.4 Å². The largest absolute Gasteiger partial charge is 0.476 e. The molecule has 0 aliphatic rings. The van der Waals surface area contributed by atoms with Crippen molar-refractivity contribution in [3.63, 3.8) is 0 Å². The Hall–Kier alpha value is -2.41. The molecular formula is C14H15N3O3S. The molecule has 0 aliphatic carbocycles. The topological polar surface area (TPSA) is 105 Å². The lowest BCUT2D eigenvalue weighted by Crippen LogP contribution is -2.25. The molecule has 7 heteroatoms. The summed E-state index contributed by atoms with van der Waals surface area (Å²) in [6, 6.07) is 5.10. The molecule has 4 N–H and O–H groups in total. The third-order valence-corrected chi connectivity index (χ3v) is 3.84. The third-order valence-electron chi connectivity index (χ3n) is 2.93. The van der Waals surface area contributed by atoms with Gasteiger partial charge in [0.25, 0.3) is 5.91 Å². The second-order valence-corrected chi connectivity index (χ2v) is 5.45. The van der Waals surface area contributed by atoms with Crippen molar-refractivity contribution in [2.24, 2.45) is 0 Å². The first kappa shape index (κ1) is 15.0. The zero-order chi connectivity index (χ0) is 15.4. The van der Waals surface area contributed by atoms with Crippen LogP contribution < -0.4 is 11.1 Å². The Morgan fingerprint density at radius 1 is 1.43 bits per heavy atom. The summed E-state index contributed by atoms with van der Waals surface area (Å²) < 4.78 is 0. The number of aromatic carboxylic acids is 1. The molecule has 0 atom stereocenters. The van der Waals surface area contributed by atoms with Crippen LogP contribution >= 0.6 is 11.3 Å². The average Bonchev–Trinajstić information content (AvgIpc) is 2.91. The van der Waals surface area contributed by atoms with E-state index in [1.807, 2.05) is 6.92 Å². The fraction of sp³-hybridized carbons (Fsp3) is 0.214. The summed E-state index contributed by atoms with van der Waals surface area (Å²) in [5, 5.41) is 13.7. The number of nitrogen functional groups attached to an aromatic ring is 1. The van der Waals surface area contributed by atoms with E-state index in [2.05, 4.69) is 10.3 Å². The Kier molecular flexibility index (Phi) is 4.54. The molecule has 0 bridgehead atoms. The van der Waals surface area contributed by atoms with E-state index < -0.39 is 5.97 Å². The maximum atomic E-state index is 11.9. The van der Waals surface area contributed by atoms with Gasteiger partial charge >= 0.3 is 5.97 Å². The third kappa shape index (κ3) is 3.79. The van der Waals surface area contributed by atoms with E-state index >= 15 is 0 Å². The molecule has 1 aromatic carbocycles. The van der Waals surface area contributed by atoms with E-state index in [1.54, 1.807) is 18.2 Å². The number of aromatic nitrogens is 1. The summed E-state index contributed by atoms with van der Waals surface area (Å²) in [5.41, 5.74) is 7.79. The van der Waals surface area contributed by atoms with Crippen molar-refractivity contribution in [1.29, 1.82) is 0 Å². The van der Waals surface area contributed by atoms with Crippen LogP contribution in [0.25, 0.3) is 0 Å². The summed E-state index contributed by atoms with van der Waals surface area (Å²) in [5.74, 6) is -1.23. The fourth-order valence-electron chi connectivity index (χ4n) is 1.73. The molecule has 110 valence electrons. The molecule has 1 aromatic heterocycles. The van der Waals surface area contributed by atoms with Crippen LogP contribution in [0.4, 0.5) is 5.69 Å². The highest BCUT2D eigenvalue weighted by Gasteiger charge is 2.10. The van der Waals surface area contributed by atoms with Gasteiger partial charge in [-0.1, -0.05) is 0 Å². The predicted molar refractivity (Wildman–Crippen MR) is 80.7 cm³/mol. The van der Waals surface area contributed by atoms with Crippen molar-refractivity contribution in [1.82, 2.24) is 10.3 Å². The highest BCUT2D eigenvalue weighted by atomic mass is 32.1. The van der Waals surface area contributed by atoms with E-state index in [0.717, 1.165) is 5.56 Å². The number of nitrogens with zero attached hydrogens (tertiary/aromatic N) is 1. The van der Waals surface area contributed by atoms with Gasteiger partial charge in [0.15, 0.2) is 5.69 Å². The molecule has 2 rings (SSSR count).